The van der Waals surface area contributed by atoms with Crippen LogP contribution < -0.4 is 18.9 Å². The molecule has 4 radical (unpaired) electrons. The van der Waals surface area contributed by atoms with Crippen LogP contribution in [0.2, 0.25) is 0 Å². The minimum Gasteiger partial charge on any atom is -1.00 e. The molecule has 0 rings (SSSR count). The van der Waals surface area contributed by atoms with Crippen LogP contribution in [0.5, 0.6) is 0 Å². The molecular formula is H4AlB2Li. The van der Waals surface area contributed by atoms with Gasteiger partial charge in [0, 0.05) is 15.5 Å². The Morgan fingerprint density at radius 1 is 1.25 bits per heavy atom. The minimum absolute atomic E-state index is 0. The van der Waals surface area contributed by atoms with Gasteiger partial charge in [0.05, 0.1) is 0 Å². The SMILES string of the molecule is [AlH3].[B][B].[H-].[Li+]. The van der Waals surface area contributed by atoms with Gasteiger partial charge in [-0.2, -0.15) is 0 Å². The van der Waals surface area contributed by atoms with Gasteiger partial charge in [-0.15, -0.1) is 0 Å². The Hall–Kier alpha value is 1.26. The van der Waals surface area contributed by atoms with E-state index in [1.165, 1.54) is 0 Å². The molecule has 0 N–H and O–H groups in total. The standard InChI is InChI=1S/Al.B2.Li.4H/c;1-2;;;;;/q;;+1;;;;-1. The molecule has 0 aliphatic carbocycles. The maximum atomic E-state index is 4.00. The molecule has 0 saturated carbocycles. The summed E-state index contributed by atoms with van der Waals surface area (Å²) in [7, 11) is 8.00. The summed E-state index contributed by atoms with van der Waals surface area (Å²) < 4.78 is 0. The fraction of sp³-hybridized carbons (Fsp3) is 0. The molecule has 0 fully saturated rings. The van der Waals surface area contributed by atoms with Gasteiger partial charge in [-0.05, 0) is 0 Å². The molecule has 0 bridgehead atoms. The van der Waals surface area contributed by atoms with E-state index < -0.39 is 0 Å². The van der Waals surface area contributed by atoms with Crippen LogP contribution in [0.4, 0.5) is 0 Å². The number of rotatable bonds is 0. The van der Waals surface area contributed by atoms with Gasteiger partial charge in [0.15, 0.2) is 17.4 Å². The molecule has 0 aromatic carbocycles. The van der Waals surface area contributed by atoms with E-state index in [2.05, 4.69) is 15.5 Å². The van der Waals surface area contributed by atoms with Crippen molar-refractivity contribution in [3.8, 4) is 0 Å². The molecule has 0 aromatic heterocycles. The molecule has 4 heteroatoms. The average molecular weight is 59.6 g/mol. The fourth-order valence-electron chi connectivity index (χ4n) is 0. The van der Waals surface area contributed by atoms with Crippen LogP contribution in [0.25, 0.3) is 0 Å². The third kappa shape index (κ3) is 10.5. The van der Waals surface area contributed by atoms with E-state index in [0.29, 0.717) is 0 Å². The van der Waals surface area contributed by atoms with Gasteiger partial charge in [-0.3, -0.25) is 0 Å². The molecule has 0 nitrogen and oxygen atoms in total. The normalized spacial score (nSPS) is 1.00. The summed E-state index contributed by atoms with van der Waals surface area (Å²) in [6.07, 6.45) is 0. The molecule has 14 valence electrons. The van der Waals surface area contributed by atoms with Gasteiger partial charge in [0.25, 0.3) is 0 Å². The van der Waals surface area contributed by atoms with Gasteiger partial charge in [-0.25, -0.2) is 0 Å². The Morgan fingerprint density at radius 2 is 1.25 bits per heavy atom. The third-order valence-electron chi connectivity index (χ3n) is 0. The first-order valence-electron chi connectivity index (χ1n) is 0.333. The molecule has 0 atom stereocenters. The first kappa shape index (κ1) is 18.7. The summed E-state index contributed by atoms with van der Waals surface area (Å²) in [5.41, 5.74) is 0. The van der Waals surface area contributed by atoms with Crippen LogP contribution in [0.1, 0.15) is 1.43 Å². The molecule has 0 spiro atoms. The van der Waals surface area contributed by atoms with E-state index in [-0.39, 0.29) is 37.6 Å². The monoisotopic (exact) mass is 60.0 g/mol. The van der Waals surface area contributed by atoms with Crippen LogP contribution in [-0.4, -0.2) is 32.8 Å². The summed E-state index contributed by atoms with van der Waals surface area (Å²) >= 11 is 0. The van der Waals surface area contributed by atoms with Crippen molar-refractivity contribution in [3.05, 3.63) is 0 Å². The number of hydrogen-bond acceptors (Lipinski definition) is 0. The maximum absolute atomic E-state index is 4.00. The van der Waals surface area contributed by atoms with E-state index >= 15 is 0 Å². The second-order valence-corrected chi connectivity index (χ2v) is 0. The van der Waals surface area contributed by atoms with Gasteiger partial charge >= 0.3 is 18.9 Å². The van der Waals surface area contributed by atoms with Gasteiger partial charge in [-0.1, -0.05) is 0 Å². The largest absolute Gasteiger partial charge is 1.00 e. The Morgan fingerprint density at radius 3 is 1.25 bits per heavy atom. The van der Waals surface area contributed by atoms with E-state index in [0.717, 1.165) is 0 Å². The summed E-state index contributed by atoms with van der Waals surface area (Å²) in [4.78, 5) is 0. The van der Waals surface area contributed by atoms with Crippen molar-refractivity contribution in [2.45, 2.75) is 0 Å². The zero-order valence-corrected chi connectivity index (χ0v) is 2.15. The first-order chi connectivity index (χ1) is 1.00. The second kappa shape index (κ2) is 28.5. The Bertz CT molecular complexity index is 9.61. The Balaban J connectivity index is -0.00000000167. The van der Waals surface area contributed by atoms with Crippen molar-refractivity contribution in [2.75, 3.05) is 0 Å². The van der Waals surface area contributed by atoms with Gasteiger partial charge in [0.2, 0.25) is 0 Å². The van der Waals surface area contributed by atoms with Crippen LogP contribution in [0.3, 0.4) is 0 Å². The van der Waals surface area contributed by atoms with Crippen LogP contribution in [0.15, 0.2) is 0 Å². The van der Waals surface area contributed by atoms with Crippen molar-refractivity contribution >= 4 is 32.8 Å². The molecular weight excluding hydrogens is 55.5 g/mol. The number of hydrogen-bond donors (Lipinski definition) is 0. The maximum Gasteiger partial charge on any atom is 1.00 e. The average Bonchev–Trinajstić information content (AvgIpc) is 1.00. The zero-order valence-electron chi connectivity index (χ0n) is 3.15. The molecule has 0 amide bonds. The van der Waals surface area contributed by atoms with Gasteiger partial charge in [0.1, 0.15) is 0 Å². The summed E-state index contributed by atoms with van der Waals surface area (Å²) in [6.45, 7) is 0. The van der Waals surface area contributed by atoms with E-state index in [4.69, 9.17) is 0 Å². The summed E-state index contributed by atoms with van der Waals surface area (Å²) in [6, 6.07) is 0. The Labute approximate surface area is 53.3 Å². The molecule has 4 heavy (non-hydrogen) atoms. The molecule has 0 unspecified atom stereocenters. The predicted molar refractivity (Wildman–Crippen MR) is 22.6 cm³/mol. The van der Waals surface area contributed by atoms with Crippen LogP contribution in [0, 0.1) is 0 Å². The zero-order chi connectivity index (χ0) is 2.00. The van der Waals surface area contributed by atoms with E-state index in [1.807, 2.05) is 0 Å². The quantitative estimate of drug-likeness (QED) is 0.246. The minimum atomic E-state index is 0. The first-order valence-corrected chi connectivity index (χ1v) is 0.333. The van der Waals surface area contributed by atoms with Gasteiger partial charge < -0.3 is 1.43 Å². The topological polar surface area (TPSA) is 0 Å². The van der Waals surface area contributed by atoms with Crippen molar-refractivity contribution < 1.29 is 20.3 Å². The van der Waals surface area contributed by atoms with Crippen molar-refractivity contribution in [1.82, 2.24) is 0 Å². The van der Waals surface area contributed by atoms with Crippen molar-refractivity contribution in [2.24, 2.45) is 0 Å². The summed E-state index contributed by atoms with van der Waals surface area (Å²) in [5, 5.41) is 0. The third-order valence-corrected chi connectivity index (χ3v) is 0. The van der Waals surface area contributed by atoms with E-state index in [9.17, 15) is 0 Å². The van der Waals surface area contributed by atoms with Crippen LogP contribution >= 0.6 is 0 Å². The second-order valence-electron chi connectivity index (χ2n) is 0. The molecule has 0 aromatic rings. The van der Waals surface area contributed by atoms with Crippen molar-refractivity contribution in [1.29, 1.82) is 0 Å². The summed E-state index contributed by atoms with van der Waals surface area (Å²) in [5.74, 6) is 0. The molecule has 0 aliphatic heterocycles. The predicted octanol–water partition coefficient (Wildman–Crippen LogP) is -4.83. The fourth-order valence-corrected chi connectivity index (χ4v) is 0. The van der Waals surface area contributed by atoms with E-state index in [1.54, 1.807) is 0 Å². The molecule has 0 heterocycles. The van der Waals surface area contributed by atoms with Crippen LogP contribution in [-0.2, 0) is 0 Å². The molecule has 0 aliphatic rings. The molecule has 0 saturated heterocycles. The Kier molecular flexibility index (Phi) is 133. The smallest absolute Gasteiger partial charge is 1.00 e. The van der Waals surface area contributed by atoms with Crippen molar-refractivity contribution in [3.63, 3.8) is 0 Å².